The molecular formula is C21H22ClFO4. The maximum absolute atomic E-state index is 13.9. The van der Waals surface area contributed by atoms with Crippen molar-refractivity contribution in [3.05, 3.63) is 57.9 Å². The Bertz CT molecular complexity index is 905. The lowest BCUT2D eigenvalue weighted by Gasteiger charge is -2.21. The highest BCUT2D eigenvalue weighted by atomic mass is 35.5. The van der Waals surface area contributed by atoms with Crippen molar-refractivity contribution < 1.29 is 23.8 Å². The Balaban J connectivity index is 1.82. The summed E-state index contributed by atoms with van der Waals surface area (Å²) >= 11 is 6.28. The lowest BCUT2D eigenvalue weighted by atomic mass is 9.85. The van der Waals surface area contributed by atoms with Crippen LogP contribution in [0.15, 0.2) is 30.3 Å². The Labute approximate surface area is 162 Å². The smallest absolute Gasteiger partial charge is 0.313 e. The van der Waals surface area contributed by atoms with Crippen molar-refractivity contribution in [1.82, 2.24) is 0 Å². The van der Waals surface area contributed by atoms with Crippen LogP contribution in [-0.2, 0) is 23.2 Å². The van der Waals surface area contributed by atoms with Crippen molar-refractivity contribution in [1.29, 1.82) is 0 Å². The van der Waals surface area contributed by atoms with Gasteiger partial charge in [-0.1, -0.05) is 17.7 Å². The molecule has 0 unspecified atom stereocenters. The standard InChI is InChI=1S/C21H22ClFO4/c1-20(2)10-12-7-15(23)8-13(18(12)27-20)11-26-17-6-5-14(9-16(17)22)21(3,4)19(24)25/h5-9H,10-11H2,1-4H3,(H,24,25). The third kappa shape index (κ3) is 3.88. The molecule has 1 aliphatic heterocycles. The van der Waals surface area contributed by atoms with E-state index in [-0.39, 0.29) is 18.0 Å². The molecule has 0 atom stereocenters. The van der Waals surface area contributed by atoms with E-state index in [9.17, 15) is 14.3 Å². The van der Waals surface area contributed by atoms with E-state index in [0.29, 0.717) is 34.1 Å². The van der Waals surface area contributed by atoms with Gasteiger partial charge < -0.3 is 14.6 Å². The second-order valence-electron chi connectivity index (χ2n) is 7.96. The maximum atomic E-state index is 13.9. The summed E-state index contributed by atoms with van der Waals surface area (Å²) in [4.78, 5) is 11.4. The molecule has 1 N–H and O–H groups in total. The zero-order valence-corrected chi connectivity index (χ0v) is 16.5. The summed E-state index contributed by atoms with van der Waals surface area (Å²) in [7, 11) is 0. The van der Waals surface area contributed by atoms with E-state index in [1.807, 2.05) is 13.8 Å². The van der Waals surface area contributed by atoms with Crippen molar-refractivity contribution in [3.63, 3.8) is 0 Å². The molecule has 1 heterocycles. The highest BCUT2D eigenvalue weighted by Gasteiger charge is 2.33. The van der Waals surface area contributed by atoms with Gasteiger partial charge in [0, 0.05) is 17.5 Å². The number of hydrogen-bond donors (Lipinski definition) is 1. The summed E-state index contributed by atoms with van der Waals surface area (Å²) in [5.74, 6) is -0.223. The lowest BCUT2D eigenvalue weighted by molar-refractivity contribution is -0.142. The van der Waals surface area contributed by atoms with Crippen LogP contribution in [0.4, 0.5) is 4.39 Å². The first-order chi connectivity index (χ1) is 12.5. The largest absolute Gasteiger partial charge is 0.487 e. The molecule has 0 spiro atoms. The van der Waals surface area contributed by atoms with Gasteiger partial charge in [-0.25, -0.2) is 4.39 Å². The van der Waals surface area contributed by atoms with Crippen LogP contribution < -0.4 is 9.47 Å². The summed E-state index contributed by atoms with van der Waals surface area (Å²) in [6, 6.07) is 7.78. The van der Waals surface area contributed by atoms with Crippen LogP contribution in [-0.4, -0.2) is 16.7 Å². The number of carboxylic acids is 1. The summed E-state index contributed by atoms with van der Waals surface area (Å²) in [5, 5.41) is 9.64. The van der Waals surface area contributed by atoms with E-state index >= 15 is 0 Å². The van der Waals surface area contributed by atoms with Crippen LogP contribution in [0.3, 0.4) is 0 Å². The minimum Gasteiger partial charge on any atom is -0.487 e. The van der Waals surface area contributed by atoms with Crippen LogP contribution in [0, 0.1) is 5.82 Å². The van der Waals surface area contributed by atoms with Gasteiger partial charge >= 0.3 is 5.97 Å². The molecule has 3 rings (SSSR count). The Morgan fingerprint density at radius 1 is 1.33 bits per heavy atom. The topological polar surface area (TPSA) is 55.8 Å². The fourth-order valence-corrected chi connectivity index (χ4v) is 3.37. The summed E-state index contributed by atoms with van der Waals surface area (Å²) in [6.45, 7) is 7.22. The van der Waals surface area contributed by atoms with Crippen LogP contribution in [0.25, 0.3) is 0 Å². The third-order valence-corrected chi connectivity index (χ3v) is 5.07. The second kappa shape index (κ2) is 6.71. The average Bonchev–Trinajstić information content (AvgIpc) is 2.87. The van der Waals surface area contributed by atoms with Crippen molar-refractivity contribution in [3.8, 4) is 11.5 Å². The van der Waals surface area contributed by atoms with Crippen molar-refractivity contribution in [2.24, 2.45) is 0 Å². The van der Waals surface area contributed by atoms with Gasteiger partial charge in [0.1, 0.15) is 29.5 Å². The first kappa shape index (κ1) is 19.5. The summed E-state index contributed by atoms with van der Waals surface area (Å²) < 4.78 is 25.7. The van der Waals surface area contributed by atoms with E-state index in [4.69, 9.17) is 21.1 Å². The van der Waals surface area contributed by atoms with Crippen LogP contribution >= 0.6 is 11.6 Å². The predicted octanol–water partition coefficient (Wildman–Crippen LogP) is 5.13. The molecule has 144 valence electrons. The highest BCUT2D eigenvalue weighted by Crippen LogP contribution is 2.39. The number of ether oxygens (including phenoxy) is 2. The van der Waals surface area contributed by atoms with Crippen molar-refractivity contribution in [2.45, 2.75) is 51.7 Å². The summed E-state index contributed by atoms with van der Waals surface area (Å²) in [6.07, 6.45) is 0.632. The van der Waals surface area contributed by atoms with E-state index < -0.39 is 11.4 Å². The molecule has 0 saturated carbocycles. The number of rotatable bonds is 5. The Hall–Kier alpha value is -2.27. The Kier molecular flexibility index (Phi) is 4.85. The number of hydrogen-bond acceptors (Lipinski definition) is 3. The maximum Gasteiger partial charge on any atom is 0.313 e. The zero-order valence-electron chi connectivity index (χ0n) is 15.7. The third-order valence-electron chi connectivity index (χ3n) is 4.77. The minimum absolute atomic E-state index is 0.0948. The molecule has 2 aromatic carbocycles. The van der Waals surface area contributed by atoms with Crippen LogP contribution in [0.2, 0.25) is 5.02 Å². The molecule has 27 heavy (non-hydrogen) atoms. The molecule has 6 heteroatoms. The monoisotopic (exact) mass is 392 g/mol. The number of carboxylic acid groups (broad SMARTS) is 1. The SMILES string of the molecule is CC1(C)Cc2cc(F)cc(COc3ccc(C(C)(C)C(=O)O)cc3Cl)c2O1. The minimum atomic E-state index is -1.06. The highest BCUT2D eigenvalue weighted by molar-refractivity contribution is 6.32. The first-order valence-corrected chi connectivity index (χ1v) is 9.04. The zero-order chi connectivity index (χ0) is 20.0. The van der Waals surface area contributed by atoms with Gasteiger partial charge in [-0.2, -0.15) is 0 Å². The normalized spacial score (nSPS) is 15.2. The average molecular weight is 393 g/mol. The molecule has 0 bridgehead atoms. The second-order valence-corrected chi connectivity index (χ2v) is 8.36. The Morgan fingerprint density at radius 3 is 2.67 bits per heavy atom. The van der Waals surface area contributed by atoms with Crippen LogP contribution in [0.5, 0.6) is 11.5 Å². The van der Waals surface area contributed by atoms with E-state index in [1.165, 1.54) is 12.1 Å². The van der Waals surface area contributed by atoms with Gasteiger partial charge in [0.05, 0.1) is 10.4 Å². The number of halogens is 2. The van der Waals surface area contributed by atoms with Crippen molar-refractivity contribution >= 4 is 17.6 Å². The van der Waals surface area contributed by atoms with Crippen molar-refractivity contribution in [2.75, 3.05) is 0 Å². The predicted molar refractivity (Wildman–Crippen MR) is 101 cm³/mol. The number of aliphatic carboxylic acids is 1. The molecule has 0 saturated heterocycles. The molecule has 0 aliphatic carbocycles. The molecular weight excluding hydrogens is 371 g/mol. The van der Waals surface area contributed by atoms with Crippen LogP contribution in [0.1, 0.15) is 44.4 Å². The van der Waals surface area contributed by atoms with E-state index in [2.05, 4.69) is 0 Å². The summed E-state index contributed by atoms with van der Waals surface area (Å²) in [5.41, 5.74) is 0.561. The molecule has 0 radical (unpaired) electrons. The van der Waals surface area contributed by atoms with E-state index in [1.54, 1.807) is 32.0 Å². The van der Waals surface area contributed by atoms with E-state index in [0.717, 1.165) is 5.56 Å². The molecule has 4 nitrogen and oxygen atoms in total. The van der Waals surface area contributed by atoms with Gasteiger partial charge in [0.2, 0.25) is 0 Å². The fourth-order valence-electron chi connectivity index (χ4n) is 3.14. The van der Waals surface area contributed by atoms with Gasteiger partial charge in [-0.15, -0.1) is 0 Å². The van der Waals surface area contributed by atoms with Gasteiger partial charge in [0.15, 0.2) is 0 Å². The molecule has 2 aromatic rings. The van der Waals surface area contributed by atoms with Gasteiger partial charge in [0.25, 0.3) is 0 Å². The first-order valence-electron chi connectivity index (χ1n) is 8.66. The lowest BCUT2D eigenvalue weighted by Crippen LogP contribution is -2.28. The molecule has 0 amide bonds. The quantitative estimate of drug-likeness (QED) is 0.766. The fraction of sp³-hybridized carbons (Fsp3) is 0.381. The number of benzene rings is 2. The van der Waals surface area contributed by atoms with Gasteiger partial charge in [-0.3, -0.25) is 4.79 Å². The Morgan fingerprint density at radius 2 is 2.04 bits per heavy atom. The number of fused-ring (bicyclic) bond motifs is 1. The van der Waals surface area contributed by atoms with Gasteiger partial charge in [-0.05, 0) is 57.5 Å². The molecule has 0 aromatic heterocycles. The molecule has 1 aliphatic rings. The number of carbonyl (C=O) groups is 1. The molecule has 0 fully saturated rings.